The smallest absolute Gasteiger partial charge is 0.256 e. The Kier molecular flexibility index (Phi) is 1.45. The lowest BCUT2D eigenvalue weighted by Crippen LogP contribution is -2.35. The normalized spacial score (nSPS) is 21.5. The van der Waals surface area contributed by atoms with Gasteiger partial charge in [0.15, 0.2) is 6.17 Å². The highest BCUT2D eigenvalue weighted by molar-refractivity contribution is 5.87. The van der Waals surface area contributed by atoms with Gasteiger partial charge in [-0.3, -0.25) is 15.4 Å². The Hall–Kier alpha value is -0.610. The van der Waals surface area contributed by atoms with E-state index in [1.165, 1.54) is 0 Å². The Morgan fingerprint density at radius 1 is 1.50 bits per heavy atom. The van der Waals surface area contributed by atoms with Crippen LogP contribution in [0.5, 0.6) is 0 Å². The highest BCUT2D eigenvalue weighted by Crippen LogP contribution is 1.90. The van der Waals surface area contributed by atoms with Crippen molar-refractivity contribution in [2.75, 3.05) is 13.1 Å². The maximum Gasteiger partial charge on any atom is 0.256 e. The fourth-order valence-corrected chi connectivity index (χ4v) is 0.612. The van der Waals surface area contributed by atoms with Gasteiger partial charge < -0.3 is 5.73 Å². The summed E-state index contributed by atoms with van der Waals surface area (Å²) >= 11 is 0. The zero-order chi connectivity index (χ0) is 5.98. The summed E-state index contributed by atoms with van der Waals surface area (Å²) in [7, 11) is 0. The van der Waals surface area contributed by atoms with E-state index in [0.29, 0.717) is 6.17 Å². The first kappa shape index (κ1) is 5.53. The molecule has 0 bridgehead atoms. The predicted octanol–water partition coefficient (Wildman–Crippen LogP) is -1.85. The largest absolute Gasteiger partial charge is 0.367 e. The maximum atomic E-state index is 10.3. The minimum atomic E-state index is -0.414. The van der Waals surface area contributed by atoms with Gasteiger partial charge in [0, 0.05) is 13.1 Å². The maximum absolute atomic E-state index is 10.3. The lowest BCUT2D eigenvalue weighted by molar-refractivity contribution is -0.117. The SMILES string of the molecule is NC(=O)[C]1NCCN1. The summed E-state index contributed by atoms with van der Waals surface area (Å²) in [5.74, 6) is -0.414. The molecule has 1 aliphatic heterocycles. The zero-order valence-electron chi connectivity index (χ0n) is 4.40. The number of carbonyl (C=O) groups excluding carboxylic acids is 1. The Morgan fingerprint density at radius 2 is 2.00 bits per heavy atom. The summed E-state index contributed by atoms with van der Waals surface area (Å²) in [4.78, 5) is 10.3. The first-order valence-corrected chi connectivity index (χ1v) is 2.45. The van der Waals surface area contributed by atoms with Crippen molar-refractivity contribution in [2.24, 2.45) is 5.73 Å². The molecule has 1 heterocycles. The van der Waals surface area contributed by atoms with E-state index in [2.05, 4.69) is 10.6 Å². The first-order valence-electron chi connectivity index (χ1n) is 2.45. The van der Waals surface area contributed by atoms with E-state index < -0.39 is 5.91 Å². The average molecular weight is 114 g/mol. The second kappa shape index (κ2) is 2.11. The fraction of sp³-hybridized carbons (Fsp3) is 0.500. The molecule has 1 amide bonds. The van der Waals surface area contributed by atoms with Crippen molar-refractivity contribution in [3.05, 3.63) is 6.17 Å². The number of nitrogens with two attached hydrogens (primary N) is 1. The molecule has 1 saturated heterocycles. The highest BCUT2D eigenvalue weighted by atomic mass is 16.1. The summed E-state index contributed by atoms with van der Waals surface area (Å²) in [5, 5.41) is 5.57. The third kappa shape index (κ3) is 0.962. The minimum Gasteiger partial charge on any atom is -0.367 e. The van der Waals surface area contributed by atoms with Gasteiger partial charge in [0.25, 0.3) is 5.91 Å². The molecule has 0 atom stereocenters. The minimum absolute atomic E-state index is 0.414. The van der Waals surface area contributed by atoms with Crippen molar-refractivity contribution >= 4 is 5.91 Å². The van der Waals surface area contributed by atoms with Crippen molar-refractivity contribution in [1.82, 2.24) is 10.6 Å². The lowest BCUT2D eigenvalue weighted by atomic mass is 10.5. The zero-order valence-corrected chi connectivity index (χ0v) is 4.40. The van der Waals surface area contributed by atoms with Crippen molar-refractivity contribution in [1.29, 1.82) is 0 Å². The predicted molar refractivity (Wildman–Crippen MR) is 28.4 cm³/mol. The van der Waals surface area contributed by atoms with Crippen molar-refractivity contribution in [2.45, 2.75) is 0 Å². The van der Waals surface area contributed by atoms with Crippen LogP contribution in [0.3, 0.4) is 0 Å². The van der Waals surface area contributed by atoms with Crippen LogP contribution >= 0.6 is 0 Å². The van der Waals surface area contributed by atoms with E-state index in [9.17, 15) is 4.79 Å². The molecule has 8 heavy (non-hydrogen) atoms. The lowest BCUT2D eigenvalue weighted by Gasteiger charge is -2.00. The Morgan fingerprint density at radius 3 is 2.25 bits per heavy atom. The molecule has 0 aliphatic carbocycles. The molecule has 4 N–H and O–H groups in total. The third-order valence-electron chi connectivity index (χ3n) is 0.975. The van der Waals surface area contributed by atoms with Crippen LogP contribution in [0.4, 0.5) is 0 Å². The molecular formula is C4H8N3O. The number of primary amides is 1. The standard InChI is InChI=1S/C4H8N3O/c5-3(8)4-6-1-2-7-4/h6-7H,1-2H2,(H2,5,8). The van der Waals surface area contributed by atoms with Crippen molar-refractivity contribution < 1.29 is 4.79 Å². The monoisotopic (exact) mass is 114 g/mol. The van der Waals surface area contributed by atoms with Gasteiger partial charge in [-0.15, -0.1) is 0 Å². The molecule has 1 rings (SSSR count). The third-order valence-corrected chi connectivity index (χ3v) is 0.975. The van der Waals surface area contributed by atoms with Crippen molar-refractivity contribution in [3.63, 3.8) is 0 Å². The summed E-state index contributed by atoms with van der Waals surface area (Å²) in [6.07, 6.45) is 0.435. The van der Waals surface area contributed by atoms with E-state index in [-0.39, 0.29) is 0 Å². The van der Waals surface area contributed by atoms with E-state index in [1.54, 1.807) is 0 Å². The molecule has 45 valence electrons. The van der Waals surface area contributed by atoms with Crippen LogP contribution in [0.15, 0.2) is 0 Å². The molecule has 1 aliphatic rings. The van der Waals surface area contributed by atoms with E-state index in [0.717, 1.165) is 13.1 Å². The second-order valence-corrected chi connectivity index (χ2v) is 1.59. The summed E-state index contributed by atoms with van der Waals surface area (Å²) in [6, 6.07) is 0. The first-order chi connectivity index (χ1) is 3.80. The summed E-state index contributed by atoms with van der Waals surface area (Å²) in [6.45, 7) is 1.58. The molecule has 0 saturated carbocycles. The average Bonchev–Trinajstić information content (AvgIpc) is 2.12. The molecule has 4 nitrogen and oxygen atoms in total. The molecular weight excluding hydrogens is 106 g/mol. The molecule has 0 unspecified atom stereocenters. The summed E-state index contributed by atoms with van der Waals surface area (Å²) < 4.78 is 0. The van der Waals surface area contributed by atoms with Crippen LogP contribution in [0.2, 0.25) is 0 Å². The van der Waals surface area contributed by atoms with Gasteiger partial charge in [-0.25, -0.2) is 0 Å². The van der Waals surface area contributed by atoms with Crippen LogP contribution in [0.1, 0.15) is 0 Å². The number of rotatable bonds is 1. The molecule has 4 heteroatoms. The quantitative estimate of drug-likeness (QED) is 0.375. The molecule has 0 spiro atoms. The number of hydrogen-bond donors (Lipinski definition) is 3. The Labute approximate surface area is 47.4 Å². The van der Waals surface area contributed by atoms with Gasteiger partial charge in [-0.1, -0.05) is 0 Å². The molecule has 0 aromatic heterocycles. The van der Waals surface area contributed by atoms with Gasteiger partial charge in [0.05, 0.1) is 0 Å². The van der Waals surface area contributed by atoms with E-state index in [1.807, 2.05) is 0 Å². The van der Waals surface area contributed by atoms with Crippen molar-refractivity contribution in [3.8, 4) is 0 Å². The topological polar surface area (TPSA) is 67.2 Å². The number of amides is 1. The second-order valence-electron chi connectivity index (χ2n) is 1.59. The van der Waals surface area contributed by atoms with E-state index in [4.69, 9.17) is 5.73 Å². The number of nitrogens with one attached hydrogen (secondary N) is 2. The van der Waals surface area contributed by atoms with Gasteiger partial charge in [-0.2, -0.15) is 0 Å². The Bertz CT molecular complexity index is 97.5. The molecule has 0 aromatic rings. The highest BCUT2D eigenvalue weighted by Gasteiger charge is 2.19. The number of hydrogen-bond acceptors (Lipinski definition) is 3. The van der Waals surface area contributed by atoms with E-state index >= 15 is 0 Å². The number of carbonyl (C=O) groups is 1. The van der Waals surface area contributed by atoms with Crippen LogP contribution in [-0.2, 0) is 4.79 Å². The van der Waals surface area contributed by atoms with Gasteiger partial charge in [0.2, 0.25) is 0 Å². The molecule has 1 radical (unpaired) electrons. The van der Waals surface area contributed by atoms with Crippen LogP contribution in [-0.4, -0.2) is 19.0 Å². The van der Waals surface area contributed by atoms with Crippen LogP contribution < -0.4 is 16.4 Å². The summed E-state index contributed by atoms with van der Waals surface area (Å²) in [5.41, 5.74) is 4.90. The molecule has 1 fully saturated rings. The van der Waals surface area contributed by atoms with Crippen LogP contribution in [0, 0.1) is 6.17 Å². The van der Waals surface area contributed by atoms with Gasteiger partial charge in [-0.05, 0) is 0 Å². The fourth-order valence-electron chi connectivity index (χ4n) is 0.612. The Balaban J connectivity index is 2.35. The van der Waals surface area contributed by atoms with Crippen LogP contribution in [0.25, 0.3) is 0 Å². The van der Waals surface area contributed by atoms with Gasteiger partial charge in [0.1, 0.15) is 0 Å². The van der Waals surface area contributed by atoms with Gasteiger partial charge >= 0.3 is 0 Å². The molecule has 0 aromatic carbocycles.